The van der Waals surface area contributed by atoms with Gasteiger partial charge < -0.3 is 18.9 Å². The predicted molar refractivity (Wildman–Crippen MR) is 421 cm³/mol. The fourth-order valence-electron chi connectivity index (χ4n) is 15.7. The molecule has 0 spiro atoms. The van der Waals surface area contributed by atoms with E-state index in [9.17, 15) is 0 Å². The third kappa shape index (κ3) is 25.4. The Labute approximate surface area is 614 Å². The number of rotatable bonds is 30. The molecule has 0 radical (unpaired) electrons. The van der Waals surface area contributed by atoms with Crippen molar-refractivity contribution >= 4 is 0 Å². The topological polar surface area (TPSA) is 140 Å². The standard InChI is InChI=1S/C25H36N2O.C23H32N2O.C22H30N2O.C20H26N2O/c1-3-5-6-7-8-9-20-10-12-21(13-11-20)23-18-26-25(27-19-23)22-14-16-24(17-15-22)28-4-2;1-3-5-6-7-18-8-10-19(11-9-18)21-16-24-23(25-17-21)20-12-14-22(15-13-20)26-4-2;1-3-5-6-17-7-9-18(10-8-17)20-15-23-22(24-16-20)19-11-13-21(14-12-19)25-4-2;1-3-15-5-7-16(8-6-15)18-13-21-20(22-14-18)17-9-11-19(12-10-17)23-4-2/h14-21H,3-13H2,1-2H3;12-19H,3-11H2,1-2H3;11-18H,3-10H2,1-2H3;9-16H,3-8H2,1-2H3. The van der Waals surface area contributed by atoms with E-state index in [2.05, 4.69) is 80.0 Å². The number of nitrogens with zero attached hydrogens (tertiary/aromatic N) is 8. The van der Waals surface area contributed by atoms with Crippen molar-refractivity contribution in [2.75, 3.05) is 26.4 Å². The van der Waals surface area contributed by atoms with Gasteiger partial charge in [-0.25, -0.2) is 39.9 Å². The third-order valence-electron chi connectivity index (χ3n) is 22.1. The lowest BCUT2D eigenvalue weighted by Gasteiger charge is -2.28. The highest BCUT2D eigenvalue weighted by molar-refractivity contribution is 5.59. The summed E-state index contributed by atoms with van der Waals surface area (Å²) in [6, 6.07) is 32.1. The van der Waals surface area contributed by atoms with Crippen LogP contribution in [0.3, 0.4) is 0 Å². The second kappa shape index (κ2) is 44.1. The molecule has 4 heterocycles. The highest BCUT2D eigenvalue weighted by Crippen LogP contribution is 2.42. The van der Waals surface area contributed by atoms with Crippen LogP contribution in [0.1, 0.15) is 294 Å². The highest BCUT2D eigenvalue weighted by Gasteiger charge is 2.27. The van der Waals surface area contributed by atoms with Gasteiger partial charge in [-0.3, -0.25) is 0 Å². The average molecular weight is 1380 g/mol. The molecule has 102 heavy (non-hydrogen) atoms. The largest absolute Gasteiger partial charge is 0.494 e. The molecule has 8 aromatic rings. The Morgan fingerprint density at radius 2 is 0.461 bits per heavy atom. The number of hydrogen-bond acceptors (Lipinski definition) is 12. The number of aromatic nitrogens is 8. The molecule has 0 atom stereocenters. The summed E-state index contributed by atoms with van der Waals surface area (Å²) in [6.07, 6.45) is 57.0. The van der Waals surface area contributed by atoms with Gasteiger partial charge >= 0.3 is 0 Å². The summed E-state index contributed by atoms with van der Waals surface area (Å²) in [7, 11) is 0. The molecule has 0 saturated heterocycles. The zero-order valence-corrected chi connectivity index (χ0v) is 63.7. The van der Waals surface area contributed by atoms with Crippen LogP contribution in [0.25, 0.3) is 45.6 Å². The highest BCUT2D eigenvalue weighted by atomic mass is 16.5. The Hall–Kier alpha value is -7.60. The van der Waals surface area contributed by atoms with E-state index in [0.29, 0.717) is 50.1 Å². The third-order valence-corrected chi connectivity index (χ3v) is 22.1. The number of benzene rings is 4. The molecule has 12 rings (SSSR count). The number of unbranched alkanes of at least 4 members (excludes halogenated alkanes) is 7. The van der Waals surface area contributed by atoms with Crippen LogP contribution < -0.4 is 18.9 Å². The lowest BCUT2D eigenvalue weighted by atomic mass is 9.77. The van der Waals surface area contributed by atoms with Crippen LogP contribution in [0.4, 0.5) is 0 Å². The van der Waals surface area contributed by atoms with E-state index in [0.717, 1.165) is 92.2 Å². The quantitative estimate of drug-likeness (QED) is 0.0396. The van der Waals surface area contributed by atoms with Gasteiger partial charge in [0.15, 0.2) is 23.3 Å². The first-order chi connectivity index (χ1) is 50.2. The van der Waals surface area contributed by atoms with Crippen LogP contribution in [0.5, 0.6) is 23.0 Å². The van der Waals surface area contributed by atoms with Gasteiger partial charge in [0.2, 0.25) is 0 Å². The number of hydrogen-bond donors (Lipinski definition) is 0. The van der Waals surface area contributed by atoms with Crippen molar-refractivity contribution in [3.63, 3.8) is 0 Å². The van der Waals surface area contributed by atoms with E-state index in [-0.39, 0.29) is 0 Å². The van der Waals surface area contributed by atoms with Crippen LogP contribution in [0, 0.1) is 23.7 Å². The van der Waals surface area contributed by atoms with Gasteiger partial charge in [-0.05, 0) is 297 Å². The van der Waals surface area contributed by atoms with Gasteiger partial charge in [-0.15, -0.1) is 0 Å². The molecule has 0 aliphatic heterocycles. The summed E-state index contributed by atoms with van der Waals surface area (Å²) in [6.45, 7) is 19.9. The SMILES string of the molecule is CCCCC1CCC(c2cnc(-c3ccc(OCC)cc3)nc2)CC1.CCCCCC1CCC(c2cnc(-c3ccc(OCC)cc3)nc2)CC1.CCCCCCCC1CCC(c2cnc(-c3ccc(OCC)cc3)nc2)CC1.CCOc1ccc(-c2ncc(C3CCC(CC)CC3)cn2)cc1. The molecular formula is C90H124N8O4. The van der Waals surface area contributed by atoms with Crippen LogP contribution in [-0.2, 0) is 0 Å². The molecule has 548 valence electrons. The van der Waals surface area contributed by atoms with E-state index in [1.165, 1.54) is 215 Å². The second-order valence-corrected chi connectivity index (χ2v) is 29.3. The molecule has 4 saturated carbocycles. The van der Waals surface area contributed by atoms with Gasteiger partial charge in [0.1, 0.15) is 23.0 Å². The summed E-state index contributed by atoms with van der Waals surface area (Å²) in [5, 5.41) is 0. The molecule has 0 N–H and O–H groups in total. The van der Waals surface area contributed by atoms with Crippen molar-refractivity contribution in [3.8, 4) is 68.5 Å². The Morgan fingerprint density at radius 3 is 0.696 bits per heavy atom. The van der Waals surface area contributed by atoms with Gasteiger partial charge in [-0.1, -0.05) is 118 Å². The lowest BCUT2D eigenvalue weighted by Crippen LogP contribution is -2.14. The minimum atomic E-state index is 0.644. The van der Waals surface area contributed by atoms with Crippen LogP contribution in [0.2, 0.25) is 0 Å². The zero-order valence-electron chi connectivity index (χ0n) is 63.7. The minimum absolute atomic E-state index is 0.644. The average Bonchev–Trinajstić information content (AvgIpc) is 0.860. The molecule has 4 fully saturated rings. The Balaban J connectivity index is 0.000000159. The van der Waals surface area contributed by atoms with Gasteiger partial charge in [-0.2, -0.15) is 0 Å². The van der Waals surface area contributed by atoms with Crippen molar-refractivity contribution in [2.45, 2.75) is 272 Å². The summed E-state index contributed by atoms with van der Waals surface area (Å²) in [5.41, 5.74) is 9.40. The van der Waals surface area contributed by atoms with E-state index in [1.54, 1.807) is 0 Å². The van der Waals surface area contributed by atoms with Crippen molar-refractivity contribution < 1.29 is 18.9 Å². The Bertz CT molecular complexity index is 3490. The molecule has 4 aromatic heterocycles. The molecule has 0 unspecified atom stereocenters. The van der Waals surface area contributed by atoms with E-state index in [4.69, 9.17) is 18.9 Å². The molecule has 4 aliphatic rings. The van der Waals surface area contributed by atoms with Gasteiger partial charge in [0, 0.05) is 71.8 Å². The fourth-order valence-corrected chi connectivity index (χ4v) is 15.7. The first-order valence-corrected chi connectivity index (χ1v) is 40.4. The van der Waals surface area contributed by atoms with Gasteiger partial charge in [0.05, 0.1) is 26.4 Å². The van der Waals surface area contributed by atoms with Gasteiger partial charge in [0.25, 0.3) is 0 Å². The number of ether oxygens (including phenoxy) is 4. The Kier molecular flexibility index (Phi) is 34.0. The van der Waals surface area contributed by atoms with Crippen LogP contribution >= 0.6 is 0 Å². The fraction of sp³-hybridized carbons (Fsp3) is 0.556. The minimum Gasteiger partial charge on any atom is -0.494 e. The molecule has 4 aromatic carbocycles. The first-order valence-electron chi connectivity index (χ1n) is 40.4. The molecule has 12 nitrogen and oxygen atoms in total. The molecule has 4 aliphatic carbocycles. The van der Waals surface area contributed by atoms with E-state index >= 15 is 0 Å². The predicted octanol–water partition coefficient (Wildman–Crippen LogP) is 24.8. The lowest BCUT2D eigenvalue weighted by molar-refractivity contribution is 0.301. The van der Waals surface area contributed by atoms with Crippen molar-refractivity contribution in [3.05, 3.63) is 169 Å². The molecular weight excluding hydrogens is 1260 g/mol. The summed E-state index contributed by atoms with van der Waals surface area (Å²) >= 11 is 0. The van der Waals surface area contributed by atoms with Crippen molar-refractivity contribution in [1.82, 2.24) is 39.9 Å². The first kappa shape index (κ1) is 78.5. The molecule has 0 amide bonds. The van der Waals surface area contributed by atoms with Crippen molar-refractivity contribution in [2.24, 2.45) is 23.7 Å². The smallest absolute Gasteiger partial charge is 0.159 e. The van der Waals surface area contributed by atoms with Crippen LogP contribution in [-0.4, -0.2) is 66.3 Å². The van der Waals surface area contributed by atoms with Crippen LogP contribution in [0.15, 0.2) is 147 Å². The summed E-state index contributed by atoms with van der Waals surface area (Å²) < 4.78 is 22.0. The molecule has 0 bridgehead atoms. The Morgan fingerprint density at radius 1 is 0.245 bits per heavy atom. The van der Waals surface area contributed by atoms with E-state index in [1.807, 2.05) is 162 Å². The maximum Gasteiger partial charge on any atom is 0.159 e. The molecule has 12 heteroatoms. The van der Waals surface area contributed by atoms with E-state index < -0.39 is 0 Å². The second-order valence-electron chi connectivity index (χ2n) is 29.3. The maximum atomic E-state index is 5.50. The summed E-state index contributed by atoms with van der Waals surface area (Å²) in [4.78, 5) is 37.0. The zero-order chi connectivity index (χ0) is 71.4. The van der Waals surface area contributed by atoms with Crippen molar-refractivity contribution in [1.29, 1.82) is 0 Å². The monoisotopic (exact) mass is 1380 g/mol. The maximum absolute atomic E-state index is 5.50. The summed E-state index contributed by atoms with van der Waals surface area (Å²) in [5.74, 6) is 13.1. The normalized spacial score (nSPS) is 20.2.